The molecule has 2 aliphatic heterocycles. The van der Waals surface area contributed by atoms with E-state index in [4.69, 9.17) is 35.6 Å². The van der Waals surface area contributed by atoms with Gasteiger partial charge in [0.05, 0.1) is 49.2 Å². The van der Waals surface area contributed by atoms with Gasteiger partial charge < -0.3 is 40.1 Å². The van der Waals surface area contributed by atoms with E-state index in [9.17, 15) is 19.2 Å². The van der Waals surface area contributed by atoms with Crippen molar-refractivity contribution in [3.63, 3.8) is 0 Å². The second-order valence-corrected chi connectivity index (χ2v) is 16.4. The number of nitrogens with one attached hydrogen (secondary N) is 3. The molecular weight excluding hydrogens is 837 g/mol. The molecule has 2 aromatic carbocycles. The van der Waals surface area contributed by atoms with Crippen LogP contribution in [0.25, 0.3) is 22.1 Å². The molecule has 1 spiro atoms. The third-order valence-electron chi connectivity index (χ3n) is 11.6. The van der Waals surface area contributed by atoms with Gasteiger partial charge in [0.1, 0.15) is 33.8 Å². The SMILES string of the molecule is CCn1nc(C)cc1C(=O)Nc1nc2cc(C(N)=O)cc(OC)c2n1C/C=C/Cn1c(NC(=O)Cc2cc(C)n(C)n2)nc2cc(C(N)=O)cc(OCCCN3CC4(CNCCO4)C3)c21. The molecule has 2 aliphatic rings. The van der Waals surface area contributed by atoms with Crippen molar-refractivity contribution < 1.29 is 33.4 Å². The zero-order valence-electron chi connectivity index (χ0n) is 37.1. The molecule has 0 bridgehead atoms. The second kappa shape index (κ2) is 18.6. The van der Waals surface area contributed by atoms with Crippen molar-refractivity contribution in [1.29, 1.82) is 0 Å². The standard InChI is InChI=1S/C44H54N14O7/c1-6-58-33(16-26(2)52-58)41(62)51-43-49-31-18-28(39(45)60)20-34(63-5)37(31)56(43)12-7-8-13-57-38-32(48-42(57)50-36(59)22-30-17-27(3)54(4)53-30)19-29(40(46)61)21-35(38)64-14-9-11-55-24-44(25-55)23-47-10-15-65-44/h7-8,16-21,47H,6,9-15,22-25H2,1-5H3,(H2,45,60)(H2,46,61)(H,48,50,59)(H,49,51,62)/b8-7+. The third kappa shape index (κ3) is 9.42. The molecule has 0 unspecified atom stereocenters. The van der Waals surface area contributed by atoms with E-state index in [1.165, 1.54) is 13.2 Å². The first-order valence-corrected chi connectivity index (χ1v) is 21.5. The van der Waals surface area contributed by atoms with Gasteiger partial charge in [0, 0.05) is 76.2 Å². The topological polar surface area (TPSA) is 259 Å². The number of rotatable bonds is 18. The van der Waals surface area contributed by atoms with E-state index in [1.807, 2.05) is 39.1 Å². The van der Waals surface area contributed by atoms with E-state index < -0.39 is 17.7 Å². The molecule has 21 nitrogen and oxygen atoms in total. The van der Waals surface area contributed by atoms with Gasteiger partial charge in [-0.3, -0.25) is 44.1 Å². The molecule has 8 rings (SSSR count). The fourth-order valence-electron chi connectivity index (χ4n) is 8.41. The minimum absolute atomic E-state index is 0.00435. The number of aromatic nitrogens is 8. The largest absolute Gasteiger partial charge is 0.494 e. The van der Waals surface area contributed by atoms with Crippen molar-refractivity contribution in [3.05, 3.63) is 82.5 Å². The fraction of sp³-hybridized carbons (Fsp3) is 0.409. The van der Waals surface area contributed by atoms with Crippen LogP contribution in [0.3, 0.4) is 0 Å². The number of aryl methyl sites for hydroxylation is 4. The summed E-state index contributed by atoms with van der Waals surface area (Å²) in [6, 6.07) is 9.77. The number of anilines is 2. The summed E-state index contributed by atoms with van der Waals surface area (Å²) in [6.45, 7) is 11.6. The minimum atomic E-state index is -0.666. The molecule has 21 heteroatoms. The Bertz CT molecular complexity index is 2800. The maximum atomic E-state index is 13.7. The van der Waals surface area contributed by atoms with Crippen LogP contribution in [0.5, 0.6) is 11.5 Å². The van der Waals surface area contributed by atoms with Gasteiger partial charge in [0.15, 0.2) is 0 Å². The molecule has 6 heterocycles. The number of allylic oxidation sites excluding steroid dienone is 2. The summed E-state index contributed by atoms with van der Waals surface area (Å²) in [6.07, 6.45) is 4.42. The molecular formula is C44H54N14O7. The smallest absolute Gasteiger partial charge is 0.276 e. The average Bonchev–Trinajstić information content (AvgIpc) is 4.01. The Morgan fingerprint density at radius 1 is 0.892 bits per heavy atom. The van der Waals surface area contributed by atoms with Crippen LogP contribution >= 0.6 is 0 Å². The zero-order valence-corrected chi connectivity index (χ0v) is 37.1. The lowest BCUT2D eigenvalue weighted by molar-refractivity contribution is -0.156. The van der Waals surface area contributed by atoms with Crippen LogP contribution in [0, 0.1) is 13.8 Å². The number of nitrogens with two attached hydrogens (primary N) is 2. The maximum Gasteiger partial charge on any atom is 0.276 e. The van der Waals surface area contributed by atoms with Crippen LogP contribution < -0.4 is 36.9 Å². The first-order chi connectivity index (χ1) is 31.2. The Labute approximate surface area is 374 Å². The molecule has 65 heavy (non-hydrogen) atoms. The van der Waals surface area contributed by atoms with Gasteiger partial charge in [-0.1, -0.05) is 12.2 Å². The van der Waals surface area contributed by atoms with Gasteiger partial charge >= 0.3 is 0 Å². The number of hydrogen-bond donors (Lipinski definition) is 5. The van der Waals surface area contributed by atoms with Crippen LogP contribution in [-0.2, 0) is 42.6 Å². The van der Waals surface area contributed by atoms with E-state index in [0.717, 1.165) is 38.4 Å². The highest BCUT2D eigenvalue weighted by Gasteiger charge is 2.44. The van der Waals surface area contributed by atoms with Crippen LogP contribution in [0.15, 0.2) is 48.6 Å². The Morgan fingerprint density at radius 2 is 1.54 bits per heavy atom. The van der Waals surface area contributed by atoms with Crippen molar-refractivity contribution in [2.75, 3.05) is 63.7 Å². The predicted octanol–water partition coefficient (Wildman–Crippen LogP) is 2.29. The highest BCUT2D eigenvalue weighted by molar-refractivity contribution is 6.04. The van der Waals surface area contributed by atoms with Crippen molar-refractivity contribution >= 4 is 57.6 Å². The summed E-state index contributed by atoms with van der Waals surface area (Å²) in [5.41, 5.74) is 16.0. The third-order valence-corrected chi connectivity index (χ3v) is 11.6. The highest BCUT2D eigenvalue weighted by Crippen LogP contribution is 2.33. The average molecular weight is 891 g/mol. The van der Waals surface area contributed by atoms with Crippen LogP contribution in [0.1, 0.15) is 61.6 Å². The van der Waals surface area contributed by atoms with Gasteiger partial charge in [-0.15, -0.1) is 0 Å². The van der Waals surface area contributed by atoms with Crippen molar-refractivity contribution in [3.8, 4) is 11.5 Å². The van der Waals surface area contributed by atoms with Gasteiger partial charge in [0.2, 0.25) is 29.6 Å². The predicted molar refractivity (Wildman–Crippen MR) is 241 cm³/mol. The monoisotopic (exact) mass is 890 g/mol. The Hall–Kier alpha value is -7.10. The number of carbonyl (C=O) groups is 4. The molecule has 4 amide bonds. The lowest BCUT2D eigenvalue weighted by atomic mass is 9.92. The number of fused-ring (bicyclic) bond motifs is 2. The number of amides is 4. The van der Waals surface area contributed by atoms with Gasteiger partial charge in [-0.05, 0) is 63.6 Å². The Morgan fingerprint density at radius 3 is 2.12 bits per heavy atom. The summed E-state index contributed by atoms with van der Waals surface area (Å²) in [5.74, 6) is -1.00. The number of morpholine rings is 1. The lowest BCUT2D eigenvalue weighted by Crippen LogP contribution is -2.69. The van der Waals surface area contributed by atoms with Gasteiger partial charge in [0.25, 0.3) is 5.91 Å². The summed E-state index contributed by atoms with van der Waals surface area (Å²) in [5, 5.41) is 18.1. The lowest BCUT2D eigenvalue weighted by Gasteiger charge is -2.51. The quantitative estimate of drug-likeness (QED) is 0.0614. The molecule has 0 saturated carbocycles. The fourth-order valence-corrected chi connectivity index (χ4v) is 8.41. The Kier molecular flexibility index (Phi) is 12.7. The summed E-state index contributed by atoms with van der Waals surface area (Å²) < 4.78 is 25.0. The first kappa shape index (κ1) is 44.5. The van der Waals surface area contributed by atoms with Crippen molar-refractivity contribution in [1.82, 2.24) is 48.9 Å². The summed E-state index contributed by atoms with van der Waals surface area (Å²) >= 11 is 0. The number of primary amides is 2. The van der Waals surface area contributed by atoms with Gasteiger partial charge in [-0.25, -0.2) is 9.97 Å². The number of methoxy groups -OCH3 is 1. The number of ether oxygens (including phenoxy) is 3. The number of benzene rings is 2. The highest BCUT2D eigenvalue weighted by atomic mass is 16.5. The molecule has 342 valence electrons. The number of hydrogen-bond acceptors (Lipinski definition) is 13. The number of imidazole rings is 2. The normalized spacial score (nSPS) is 14.9. The van der Waals surface area contributed by atoms with Crippen molar-refractivity contribution in [2.24, 2.45) is 18.5 Å². The number of nitrogens with zero attached hydrogens (tertiary/aromatic N) is 9. The molecule has 6 aromatic rings. The van der Waals surface area contributed by atoms with Crippen LogP contribution in [0.2, 0.25) is 0 Å². The summed E-state index contributed by atoms with van der Waals surface area (Å²) in [7, 11) is 3.28. The van der Waals surface area contributed by atoms with E-state index in [-0.39, 0.29) is 54.0 Å². The van der Waals surface area contributed by atoms with E-state index in [0.29, 0.717) is 76.8 Å². The maximum absolute atomic E-state index is 13.7. The molecule has 7 N–H and O–H groups in total. The summed E-state index contributed by atoms with van der Waals surface area (Å²) in [4.78, 5) is 63.9. The second-order valence-electron chi connectivity index (χ2n) is 16.4. The molecule has 2 saturated heterocycles. The molecule has 0 radical (unpaired) electrons. The Balaban J connectivity index is 1.10. The minimum Gasteiger partial charge on any atom is -0.494 e. The number of likely N-dealkylation sites (tertiary alicyclic amines) is 1. The first-order valence-electron chi connectivity index (χ1n) is 21.5. The molecule has 0 aliphatic carbocycles. The number of carbonyl (C=O) groups excluding carboxylic acids is 4. The van der Waals surface area contributed by atoms with Crippen molar-refractivity contribution in [2.45, 2.75) is 58.8 Å². The van der Waals surface area contributed by atoms with E-state index in [1.54, 1.807) is 49.7 Å². The van der Waals surface area contributed by atoms with E-state index >= 15 is 0 Å². The van der Waals surface area contributed by atoms with Crippen LogP contribution in [0.4, 0.5) is 11.9 Å². The van der Waals surface area contributed by atoms with E-state index in [2.05, 4.69) is 31.0 Å². The molecule has 2 fully saturated rings. The van der Waals surface area contributed by atoms with Crippen LogP contribution in [-0.4, -0.2) is 126 Å². The van der Waals surface area contributed by atoms with Gasteiger partial charge in [-0.2, -0.15) is 10.2 Å². The zero-order chi connectivity index (χ0) is 46.0. The molecule has 0 atom stereocenters. The molecule has 4 aromatic heterocycles.